The van der Waals surface area contributed by atoms with Crippen molar-refractivity contribution in [2.75, 3.05) is 12.3 Å². The number of nitrogens with two attached hydrogens (primary N) is 1. The fourth-order valence-corrected chi connectivity index (χ4v) is 1.11. The molecule has 0 bridgehead atoms. The van der Waals surface area contributed by atoms with Crippen LogP contribution in [0.25, 0.3) is 0 Å². The maximum atomic E-state index is 11.5. The number of hydrogen-bond acceptors (Lipinski definition) is 4. The summed E-state index contributed by atoms with van der Waals surface area (Å²) in [6, 6.07) is 4.80. The predicted octanol–water partition coefficient (Wildman–Crippen LogP) is -0.556. The van der Waals surface area contributed by atoms with E-state index in [9.17, 15) is 9.59 Å². The van der Waals surface area contributed by atoms with Crippen molar-refractivity contribution in [3.8, 4) is 0 Å². The van der Waals surface area contributed by atoms with Gasteiger partial charge in [0.05, 0.1) is 6.61 Å². The van der Waals surface area contributed by atoms with Crippen molar-refractivity contribution in [3.05, 3.63) is 29.8 Å². The van der Waals surface area contributed by atoms with Gasteiger partial charge < -0.3 is 21.3 Å². The van der Waals surface area contributed by atoms with Crippen LogP contribution >= 0.6 is 0 Å². The summed E-state index contributed by atoms with van der Waals surface area (Å²) in [6.45, 7) is -0.663. The van der Waals surface area contributed by atoms with Crippen LogP contribution in [0.15, 0.2) is 24.3 Å². The van der Waals surface area contributed by atoms with Crippen LogP contribution in [0, 0.1) is 0 Å². The molecule has 6 heteroatoms. The van der Waals surface area contributed by atoms with E-state index in [0.717, 1.165) is 0 Å². The second-order valence-electron chi connectivity index (χ2n) is 3.17. The van der Waals surface area contributed by atoms with Gasteiger partial charge in [0.25, 0.3) is 5.91 Å². The van der Waals surface area contributed by atoms with E-state index in [4.69, 9.17) is 15.9 Å². The number of rotatable bonds is 4. The maximum absolute atomic E-state index is 11.5. The van der Waals surface area contributed by atoms with E-state index in [1.165, 1.54) is 12.1 Å². The summed E-state index contributed by atoms with van der Waals surface area (Å²) >= 11 is 0. The molecule has 0 fully saturated rings. The predicted molar refractivity (Wildman–Crippen MR) is 56.8 cm³/mol. The number of carbonyl (C=O) groups is 2. The van der Waals surface area contributed by atoms with Crippen molar-refractivity contribution >= 4 is 17.6 Å². The molecule has 0 spiro atoms. The quantitative estimate of drug-likeness (QED) is 0.512. The molecule has 0 aliphatic rings. The van der Waals surface area contributed by atoms with Crippen molar-refractivity contribution in [1.29, 1.82) is 0 Å². The fraction of sp³-hybridized carbons (Fsp3) is 0.200. The average Bonchev–Trinajstić information content (AvgIpc) is 2.25. The largest absolute Gasteiger partial charge is 0.480 e. The van der Waals surface area contributed by atoms with Crippen LogP contribution in [-0.4, -0.2) is 34.7 Å². The van der Waals surface area contributed by atoms with Crippen LogP contribution in [0.1, 0.15) is 10.4 Å². The summed E-state index contributed by atoms with van der Waals surface area (Å²) in [5.74, 6) is -1.88. The third kappa shape index (κ3) is 2.96. The van der Waals surface area contributed by atoms with Crippen molar-refractivity contribution in [1.82, 2.24) is 5.32 Å². The van der Waals surface area contributed by atoms with Crippen LogP contribution in [-0.2, 0) is 4.79 Å². The number of carboxylic acid groups (broad SMARTS) is 1. The normalized spacial score (nSPS) is 11.8. The first-order valence-electron chi connectivity index (χ1n) is 4.54. The highest BCUT2D eigenvalue weighted by atomic mass is 16.4. The average molecular weight is 224 g/mol. The Morgan fingerprint density at radius 2 is 2.12 bits per heavy atom. The molecule has 0 saturated heterocycles. The van der Waals surface area contributed by atoms with Gasteiger partial charge in [-0.15, -0.1) is 0 Å². The molecule has 1 aromatic rings. The summed E-state index contributed by atoms with van der Waals surface area (Å²) in [7, 11) is 0. The highest BCUT2D eigenvalue weighted by Gasteiger charge is 2.19. The van der Waals surface area contributed by atoms with Crippen LogP contribution in [0.2, 0.25) is 0 Å². The number of nitrogen functional groups attached to an aromatic ring is 1. The lowest BCUT2D eigenvalue weighted by atomic mass is 10.2. The number of hydrogen-bond donors (Lipinski definition) is 4. The zero-order valence-electron chi connectivity index (χ0n) is 8.38. The number of aliphatic hydroxyl groups excluding tert-OH is 1. The second kappa shape index (κ2) is 5.13. The van der Waals surface area contributed by atoms with Crippen LogP contribution in [0.5, 0.6) is 0 Å². The summed E-state index contributed by atoms with van der Waals surface area (Å²) in [6.07, 6.45) is 0. The molecule has 1 aromatic carbocycles. The highest BCUT2D eigenvalue weighted by Crippen LogP contribution is 2.06. The highest BCUT2D eigenvalue weighted by molar-refractivity contribution is 5.97. The number of benzene rings is 1. The lowest BCUT2D eigenvalue weighted by Gasteiger charge is -2.11. The lowest BCUT2D eigenvalue weighted by molar-refractivity contribution is -0.140. The van der Waals surface area contributed by atoms with Crippen LogP contribution < -0.4 is 11.1 Å². The van der Waals surface area contributed by atoms with Gasteiger partial charge in [-0.1, -0.05) is 6.07 Å². The maximum Gasteiger partial charge on any atom is 0.328 e. The number of nitrogens with one attached hydrogen (secondary N) is 1. The van der Waals surface area contributed by atoms with Crippen molar-refractivity contribution < 1.29 is 19.8 Å². The zero-order valence-corrected chi connectivity index (χ0v) is 8.38. The van der Waals surface area contributed by atoms with Gasteiger partial charge in [0.15, 0.2) is 6.04 Å². The van der Waals surface area contributed by atoms with E-state index in [-0.39, 0.29) is 5.56 Å². The van der Waals surface area contributed by atoms with Crippen molar-refractivity contribution in [3.63, 3.8) is 0 Å². The molecule has 0 heterocycles. The first-order valence-corrected chi connectivity index (χ1v) is 4.54. The molecule has 6 nitrogen and oxygen atoms in total. The molecular formula is C10H12N2O4. The smallest absolute Gasteiger partial charge is 0.328 e. The Bertz CT molecular complexity index is 406. The lowest BCUT2D eigenvalue weighted by Crippen LogP contribution is -2.43. The minimum atomic E-state index is -1.31. The van der Waals surface area contributed by atoms with Gasteiger partial charge in [0.1, 0.15) is 0 Å². The number of aliphatic carboxylic acids is 1. The van der Waals surface area contributed by atoms with E-state index in [1.54, 1.807) is 12.1 Å². The molecule has 16 heavy (non-hydrogen) atoms. The van der Waals surface area contributed by atoms with Crippen molar-refractivity contribution in [2.24, 2.45) is 0 Å². The van der Waals surface area contributed by atoms with Gasteiger partial charge in [-0.3, -0.25) is 4.79 Å². The number of anilines is 1. The minimum absolute atomic E-state index is 0.250. The minimum Gasteiger partial charge on any atom is -0.480 e. The third-order valence-electron chi connectivity index (χ3n) is 1.93. The van der Waals surface area contributed by atoms with Crippen molar-refractivity contribution in [2.45, 2.75) is 6.04 Å². The fourth-order valence-electron chi connectivity index (χ4n) is 1.11. The molecule has 1 amide bonds. The monoisotopic (exact) mass is 224 g/mol. The van der Waals surface area contributed by atoms with E-state index in [1.807, 2.05) is 0 Å². The molecule has 0 aromatic heterocycles. The van der Waals surface area contributed by atoms with Gasteiger partial charge in [-0.2, -0.15) is 0 Å². The Morgan fingerprint density at radius 1 is 1.44 bits per heavy atom. The van der Waals surface area contributed by atoms with E-state index < -0.39 is 24.5 Å². The van der Waals surface area contributed by atoms with Gasteiger partial charge >= 0.3 is 5.97 Å². The van der Waals surface area contributed by atoms with Crippen LogP contribution in [0.4, 0.5) is 5.69 Å². The Morgan fingerprint density at radius 3 is 2.62 bits per heavy atom. The molecule has 1 atom stereocenters. The van der Waals surface area contributed by atoms with Gasteiger partial charge in [0, 0.05) is 11.3 Å². The standard InChI is InChI=1S/C10H12N2O4/c11-7-3-1-2-6(4-7)9(14)12-8(5-13)10(15)16/h1-4,8,13H,5,11H2,(H,12,14)(H,15,16)/t8-/m1/s1. The van der Waals surface area contributed by atoms with Gasteiger partial charge in [-0.05, 0) is 18.2 Å². The number of carbonyl (C=O) groups excluding carboxylic acids is 1. The molecule has 0 saturated carbocycles. The molecule has 0 radical (unpaired) electrons. The summed E-state index contributed by atoms with van der Waals surface area (Å²) in [5, 5.41) is 19.5. The second-order valence-corrected chi connectivity index (χ2v) is 3.17. The molecule has 0 aliphatic heterocycles. The summed E-state index contributed by atoms with van der Waals surface area (Å²) in [4.78, 5) is 22.1. The van der Waals surface area contributed by atoms with E-state index >= 15 is 0 Å². The van der Waals surface area contributed by atoms with Gasteiger partial charge in [0.2, 0.25) is 0 Å². The number of amides is 1. The topological polar surface area (TPSA) is 113 Å². The molecule has 1 rings (SSSR count). The van der Waals surface area contributed by atoms with E-state index in [2.05, 4.69) is 5.32 Å². The Balaban J connectivity index is 2.75. The number of aliphatic hydroxyl groups is 1. The van der Waals surface area contributed by atoms with E-state index in [0.29, 0.717) is 5.69 Å². The first-order chi connectivity index (χ1) is 7.54. The first kappa shape index (κ1) is 12.0. The molecule has 86 valence electrons. The Hall–Kier alpha value is -2.08. The molecule has 0 unspecified atom stereocenters. The Labute approximate surface area is 91.7 Å². The molecular weight excluding hydrogens is 212 g/mol. The van der Waals surface area contributed by atoms with Gasteiger partial charge in [-0.25, -0.2) is 4.79 Å². The SMILES string of the molecule is Nc1cccc(C(=O)N[C@H](CO)C(=O)O)c1. The zero-order chi connectivity index (χ0) is 12.1. The van der Waals surface area contributed by atoms with Crippen LogP contribution in [0.3, 0.4) is 0 Å². The molecule has 5 N–H and O–H groups in total. The summed E-state index contributed by atoms with van der Waals surface area (Å²) in [5.41, 5.74) is 6.13. The number of carboxylic acids is 1. The molecule has 0 aliphatic carbocycles. The Kier molecular flexibility index (Phi) is 3.84. The summed E-state index contributed by atoms with van der Waals surface area (Å²) < 4.78 is 0. The third-order valence-corrected chi connectivity index (χ3v) is 1.93.